The number of nitrogens with zero attached hydrogens (tertiary/aromatic N) is 1. The summed E-state index contributed by atoms with van der Waals surface area (Å²) < 4.78 is 0. The Morgan fingerprint density at radius 2 is 2.47 bits per heavy atom. The van der Waals surface area contributed by atoms with E-state index >= 15 is 0 Å². The number of thiazole rings is 1. The Labute approximate surface area is 93.4 Å². The third-order valence-electron chi connectivity index (χ3n) is 1.95. The first-order valence-electron chi connectivity index (χ1n) is 4.95. The second-order valence-corrected chi connectivity index (χ2v) is 4.33. The molecule has 0 aliphatic heterocycles. The third kappa shape index (κ3) is 3.97. The van der Waals surface area contributed by atoms with Gasteiger partial charge in [0, 0.05) is 24.1 Å². The highest BCUT2D eigenvalue weighted by Gasteiger charge is 2.11. The molecule has 0 fully saturated rings. The molecule has 4 nitrogen and oxygen atoms in total. The summed E-state index contributed by atoms with van der Waals surface area (Å²) in [4.78, 5) is 15.6. The molecule has 0 aliphatic rings. The van der Waals surface area contributed by atoms with Crippen LogP contribution in [0.2, 0.25) is 0 Å². The molecule has 1 atom stereocenters. The van der Waals surface area contributed by atoms with E-state index in [9.17, 15) is 4.79 Å². The van der Waals surface area contributed by atoms with Gasteiger partial charge in [0.1, 0.15) is 5.01 Å². The second-order valence-electron chi connectivity index (χ2n) is 3.44. The quantitative estimate of drug-likeness (QED) is 0.800. The number of rotatable bonds is 5. The van der Waals surface area contributed by atoms with Crippen LogP contribution in [-0.4, -0.2) is 22.6 Å². The van der Waals surface area contributed by atoms with Gasteiger partial charge in [-0.2, -0.15) is 0 Å². The van der Waals surface area contributed by atoms with Gasteiger partial charge in [-0.3, -0.25) is 4.79 Å². The van der Waals surface area contributed by atoms with Gasteiger partial charge in [-0.05, 0) is 20.3 Å². The molecule has 1 rings (SSSR count). The average Bonchev–Trinajstić information content (AvgIpc) is 2.61. The SMILES string of the molecule is Cc1csc(C(C)NC(=O)CCCO)n1. The molecule has 0 radical (unpaired) electrons. The summed E-state index contributed by atoms with van der Waals surface area (Å²) >= 11 is 1.55. The lowest BCUT2D eigenvalue weighted by Gasteiger charge is -2.10. The normalized spacial score (nSPS) is 12.5. The Hall–Kier alpha value is -0.940. The number of aryl methyl sites for hydroxylation is 1. The maximum absolute atomic E-state index is 11.3. The van der Waals surface area contributed by atoms with E-state index in [-0.39, 0.29) is 18.6 Å². The maximum Gasteiger partial charge on any atom is 0.220 e. The minimum Gasteiger partial charge on any atom is -0.396 e. The van der Waals surface area contributed by atoms with Crippen LogP contribution in [0.3, 0.4) is 0 Å². The van der Waals surface area contributed by atoms with Gasteiger partial charge in [-0.25, -0.2) is 4.98 Å². The third-order valence-corrected chi connectivity index (χ3v) is 3.09. The van der Waals surface area contributed by atoms with Crippen LogP contribution in [0, 0.1) is 6.92 Å². The molecule has 0 saturated carbocycles. The van der Waals surface area contributed by atoms with Crippen LogP contribution in [0.5, 0.6) is 0 Å². The average molecular weight is 228 g/mol. The number of aliphatic hydroxyl groups excluding tert-OH is 1. The summed E-state index contributed by atoms with van der Waals surface area (Å²) in [7, 11) is 0. The number of hydrogen-bond donors (Lipinski definition) is 2. The standard InChI is InChI=1S/C10H16N2O2S/c1-7-6-15-10(11-7)8(2)12-9(14)4-3-5-13/h6,8,13H,3-5H2,1-2H3,(H,12,14). The molecule has 1 unspecified atom stereocenters. The predicted octanol–water partition coefficient (Wildman–Crippen LogP) is 1.40. The Morgan fingerprint density at radius 3 is 3.00 bits per heavy atom. The zero-order valence-electron chi connectivity index (χ0n) is 8.99. The van der Waals surface area contributed by atoms with Gasteiger partial charge in [0.25, 0.3) is 0 Å². The molecule has 1 heterocycles. The fraction of sp³-hybridized carbons (Fsp3) is 0.600. The molecule has 1 aromatic heterocycles. The van der Waals surface area contributed by atoms with Crippen molar-refractivity contribution < 1.29 is 9.90 Å². The van der Waals surface area contributed by atoms with Gasteiger partial charge in [0.2, 0.25) is 5.91 Å². The first kappa shape index (κ1) is 12.1. The summed E-state index contributed by atoms with van der Waals surface area (Å²) in [6.07, 6.45) is 0.876. The number of aromatic nitrogens is 1. The molecule has 0 bridgehead atoms. The zero-order chi connectivity index (χ0) is 11.3. The molecule has 0 aliphatic carbocycles. The summed E-state index contributed by atoms with van der Waals surface area (Å²) in [6.45, 7) is 3.90. The van der Waals surface area contributed by atoms with E-state index in [4.69, 9.17) is 5.11 Å². The van der Waals surface area contributed by atoms with E-state index < -0.39 is 0 Å². The van der Waals surface area contributed by atoms with Crippen molar-refractivity contribution in [1.82, 2.24) is 10.3 Å². The van der Waals surface area contributed by atoms with Crippen molar-refractivity contribution in [2.75, 3.05) is 6.61 Å². The molecule has 15 heavy (non-hydrogen) atoms. The number of carbonyl (C=O) groups is 1. The van der Waals surface area contributed by atoms with Crippen LogP contribution >= 0.6 is 11.3 Å². The number of amides is 1. The van der Waals surface area contributed by atoms with E-state index in [0.717, 1.165) is 10.7 Å². The molecule has 0 aromatic carbocycles. The van der Waals surface area contributed by atoms with Crippen LogP contribution in [-0.2, 0) is 4.79 Å². The first-order valence-corrected chi connectivity index (χ1v) is 5.83. The van der Waals surface area contributed by atoms with Crippen molar-refractivity contribution in [3.63, 3.8) is 0 Å². The monoisotopic (exact) mass is 228 g/mol. The lowest BCUT2D eigenvalue weighted by molar-refractivity contribution is -0.122. The van der Waals surface area contributed by atoms with Crippen LogP contribution in [0.4, 0.5) is 0 Å². The Bertz CT molecular complexity index is 325. The second kappa shape index (κ2) is 5.82. The van der Waals surface area contributed by atoms with Crippen molar-refractivity contribution in [1.29, 1.82) is 0 Å². The van der Waals surface area contributed by atoms with Gasteiger partial charge in [-0.15, -0.1) is 11.3 Å². The lowest BCUT2D eigenvalue weighted by Crippen LogP contribution is -2.26. The Morgan fingerprint density at radius 1 is 1.73 bits per heavy atom. The first-order chi connectivity index (χ1) is 7.13. The molecule has 5 heteroatoms. The summed E-state index contributed by atoms with van der Waals surface area (Å²) in [6, 6.07) is -0.0464. The highest BCUT2D eigenvalue weighted by atomic mass is 32.1. The van der Waals surface area contributed by atoms with E-state index in [1.807, 2.05) is 19.2 Å². The van der Waals surface area contributed by atoms with Crippen LogP contribution in [0.15, 0.2) is 5.38 Å². The fourth-order valence-electron chi connectivity index (χ4n) is 1.19. The number of carbonyl (C=O) groups excluding carboxylic acids is 1. The van der Waals surface area contributed by atoms with Gasteiger partial charge in [0.05, 0.1) is 6.04 Å². The van der Waals surface area contributed by atoms with Crippen LogP contribution in [0.1, 0.15) is 36.5 Å². The van der Waals surface area contributed by atoms with Gasteiger partial charge in [0.15, 0.2) is 0 Å². The number of hydrogen-bond acceptors (Lipinski definition) is 4. The van der Waals surface area contributed by atoms with E-state index in [2.05, 4.69) is 10.3 Å². The van der Waals surface area contributed by atoms with E-state index in [0.29, 0.717) is 12.8 Å². The fourth-order valence-corrected chi connectivity index (χ4v) is 1.99. The summed E-state index contributed by atoms with van der Waals surface area (Å²) in [5, 5.41) is 14.3. The Kier molecular flexibility index (Phi) is 4.71. The van der Waals surface area contributed by atoms with Crippen molar-refractivity contribution in [2.45, 2.75) is 32.7 Å². The van der Waals surface area contributed by atoms with Crippen molar-refractivity contribution in [3.8, 4) is 0 Å². The van der Waals surface area contributed by atoms with Crippen molar-refractivity contribution in [3.05, 3.63) is 16.1 Å². The number of aliphatic hydroxyl groups is 1. The molecule has 2 N–H and O–H groups in total. The maximum atomic E-state index is 11.3. The summed E-state index contributed by atoms with van der Waals surface area (Å²) in [5.41, 5.74) is 0.978. The van der Waals surface area contributed by atoms with Crippen molar-refractivity contribution in [2.24, 2.45) is 0 Å². The van der Waals surface area contributed by atoms with Gasteiger partial charge < -0.3 is 10.4 Å². The largest absolute Gasteiger partial charge is 0.396 e. The minimum atomic E-state index is -0.0464. The van der Waals surface area contributed by atoms with Gasteiger partial charge >= 0.3 is 0 Å². The highest BCUT2D eigenvalue weighted by Crippen LogP contribution is 2.17. The Balaban J connectivity index is 2.41. The van der Waals surface area contributed by atoms with E-state index in [1.165, 1.54) is 0 Å². The summed E-state index contributed by atoms with van der Waals surface area (Å²) in [5.74, 6) is -0.0376. The van der Waals surface area contributed by atoms with Crippen LogP contribution < -0.4 is 5.32 Å². The highest BCUT2D eigenvalue weighted by molar-refractivity contribution is 7.09. The molecule has 1 aromatic rings. The van der Waals surface area contributed by atoms with Crippen molar-refractivity contribution >= 4 is 17.2 Å². The van der Waals surface area contributed by atoms with E-state index in [1.54, 1.807) is 11.3 Å². The zero-order valence-corrected chi connectivity index (χ0v) is 9.80. The van der Waals surface area contributed by atoms with Gasteiger partial charge in [-0.1, -0.05) is 0 Å². The number of nitrogens with one attached hydrogen (secondary N) is 1. The lowest BCUT2D eigenvalue weighted by atomic mass is 10.3. The molecular formula is C10H16N2O2S. The van der Waals surface area contributed by atoms with Crippen LogP contribution in [0.25, 0.3) is 0 Å². The predicted molar refractivity (Wildman–Crippen MR) is 59.7 cm³/mol. The minimum absolute atomic E-state index is 0.0376. The molecule has 0 saturated heterocycles. The smallest absolute Gasteiger partial charge is 0.220 e. The molecule has 0 spiro atoms. The molecule has 84 valence electrons. The topological polar surface area (TPSA) is 62.2 Å². The molecular weight excluding hydrogens is 212 g/mol. The molecule has 1 amide bonds.